The highest BCUT2D eigenvalue weighted by Crippen LogP contribution is 2.26. The molecule has 2 aromatic rings. The van der Waals surface area contributed by atoms with Crippen molar-refractivity contribution >= 4 is 23.4 Å². The van der Waals surface area contributed by atoms with Crippen LogP contribution in [0.1, 0.15) is 18.5 Å². The Balaban J connectivity index is 1.99. The Hall–Kier alpha value is -0.970. The number of hydrogen-bond donors (Lipinski definition) is 1. The zero-order valence-corrected chi connectivity index (χ0v) is 12.7. The molecule has 1 unspecified atom stereocenters. The smallest absolute Gasteiger partial charge is 0.0537 e. The summed E-state index contributed by atoms with van der Waals surface area (Å²) in [6.45, 7) is 2.99. The second kappa shape index (κ2) is 6.98. The van der Waals surface area contributed by atoms with Gasteiger partial charge in [-0.1, -0.05) is 17.7 Å². The molecule has 19 heavy (non-hydrogen) atoms. The predicted molar refractivity (Wildman–Crippen MR) is 81.9 cm³/mol. The quantitative estimate of drug-likeness (QED) is 0.826. The molecule has 0 bridgehead atoms. The van der Waals surface area contributed by atoms with E-state index in [4.69, 9.17) is 11.6 Å². The van der Waals surface area contributed by atoms with Gasteiger partial charge in [-0.15, -0.1) is 11.8 Å². The lowest BCUT2D eigenvalue weighted by Gasteiger charge is -2.14. The van der Waals surface area contributed by atoms with Crippen molar-refractivity contribution in [1.29, 1.82) is 0 Å². The van der Waals surface area contributed by atoms with Crippen molar-refractivity contribution in [2.75, 3.05) is 12.8 Å². The van der Waals surface area contributed by atoms with E-state index in [0.29, 0.717) is 6.04 Å². The number of aryl methyl sites for hydroxylation is 1. The van der Waals surface area contributed by atoms with Gasteiger partial charge in [-0.25, -0.2) is 0 Å². The van der Waals surface area contributed by atoms with Crippen LogP contribution >= 0.6 is 23.4 Å². The molecule has 1 atom stereocenters. The van der Waals surface area contributed by atoms with E-state index >= 15 is 0 Å². The van der Waals surface area contributed by atoms with E-state index in [2.05, 4.69) is 29.6 Å². The summed E-state index contributed by atoms with van der Waals surface area (Å²) in [5, 5.41) is 8.43. The highest BCUT2D eigenvalue weighted by molar-refractivity contribution is 7.99. The highest BCUT2D eigenvalue weighted by Gasteiger charge is 2.12. The minimum Gasteiger partial charge on any atom is -0.312 e. The van der Waals surface area contributed by atoms with Gasteiger partial charge in [0.15, 0.2) is 0 Å². The van der Waals surface area contributed by atoms with E-state index in [-0.39, 0.29) is 0 Å². The molecule has 0 radical (unpaired) electrons. The molecule has 0 spiro atoms. The Morgan fingerprint density at radius 1 is 1.47 bits per heavy atom. The van der Waals surface area contributed by atoms with Crippen LogP contribution < -0.4 is 5.32 Å². The molecule has 5 heteroatoms. The van der Waals surface area contributed by atoms with E-state index in [9.17, 15) is 0 Å². The summed E-state index contributed by atoms with van der Waals surface area (Å²) < 4.78 is 1.95. The van der Waals surface area contributed by atoms with Gasteiger partial charge in [-0.2, -0.15) is 5.10 Å². The van der Waals surface area contributed by atoms with Crippen molar-refractivity contribution in [2.45, 2.75) is 24.4 Å². The number of halogens is 1. The molecule has 0 saturated carbocycles. The molecule has 0 fully saturated rings. The topological polar surface area (TPSA) is 29.9 Å². The van der Waals surface area contributed by atoms with E-state index < -0.39 is 0 Å². The lowest BCUT2D eigenvalue weighted by molar-refractivity contribution is 0.645. The van der Waals surface area contributed by atoms with Crippen LogP contribution in [-0.2, 0) is 6.54 Å². The maximum absolute atomic E-state index is 5.99. The molecule has 1 aromatic heterocycles. The normalized spacial score (nSPS) is 12.6. The van der Waals surface area contributed by atoms with Gasteiger partial charge in [0.1, 0.15) is 0 Å². The van der Waals surface area contributed by atoms with Gasteiger partial charge in [-0.05, 0) is 32.2 Å². The van der Waals surface area contributed by atoms with E-state index in [1.54, 1.807) is 11.8 Å². The standard InChI is InChI=1S/C14H18ClN3S/c1-3-18-9-11(8-17-18)14(16-2)10-19-13-6-4-5-12(15)7-13/h4-9,14,16H,3,10H2,1-2H3. The van der Waals surface area contributed by atoms with Crippen LogP contribution in [0.3, 0.4) is 0 Å². The Morgan fingerprint density at radius 3 is 2.95 bits per heavy atom. The fourth-order valence-corrected chi connectivity index (χ4v) is 3.17. The zero-order valence-electron chi connectivity index (χ0n) is 11.1. The minimum absolute atomic E-state index is 0.296. The van der Waals surface area contributed by atoms with Crippen LogP contribution in [0.15, 0.2) is 41.6 Å². The Morgan fingerprint density at radius 2 is 2.32 bits per heavy atom. The average Bonchev–Trinajstić information content (AvgIpc) is 2.88. The summed E-state index contributed by atoms with van der Waals surface area (Å²) >= 11 is 7.79. The van der Waals surface area contributed by atoms with Crippen molar-refractivity contribution in [3.63, 3.8) is 0 Å². The van der Waals surface area contributed by atoms with Gasteiger partial charge >= 0.3 is 0 Å². The summed E-state index contributed by atoms with van der Waals surface area (Å²) in [7, 11) is 1.98. The third-order valence-electron chi connectivity index (χ3n) is 2.94. The molecular weight excluding hydrogens is 278 g/mol. The molecule has 1 aromatic carbocycles. The molecule has 1 N–H and O–H groups in total. The van der Waals surface area contributed by atoms with Gasteiger partial charge in [0, 0.05) is 40.0 Å². The van der Waals surface area contributed by atoms with Crippen LogP contribution in [-0.4, -0.2) is 22.6 Å². The van der Waals surface area contributed by atoms with Crippen molar-refractivity contribution in [2.24, 2.45) is 0 Å². The van der Waals surface area contributed by atoms with Crippen molar-refractivity contribution < 1.29 is 0 Å². The van der Waals surface area contributed by atoms with E-state index in [0.717, 1.165) is 17.3 Å². The van der Waals surface area contributed by atoms with Crippen molar-refractivity contribution in [3.05, 3.63) is 47.2 Å². The minimum atomic E-state index is 0.296. The van der Waals surface area contributed by atoms with Crippen LogP contribution in [0.2, 0.25) is 5.02 Å². The summed E-state index contributed by atoms with van der Waals surface area (Å²) in [6.07, 6.45) is 4.03. The Kier molecular flexibility index (Phi) is 5.31. The number of benzene rings is 1. The Labute approximate surface area is 123 Å². The second-order valence-corrected chi connectivity index (χ2v) is 5.77. The van der Waals surface area contributed by atoms with E-state index in [1.807, 2.05) is 36.1 Å². The van der Waals surface area contributed by atoms with Crippen LogP contribution in [0.5, 0.6) is 0 Å². The molecule has 0 amide bonds. The third-order valence-corrected chi connectivity index (χ3v) is 4.26. The largest absolute Gasteiger partial charge is 0.312 e. The lowest BCUT2D eigenvalue weighted by Crippen LogP contribution is -2.18. The summed E-state index contributed by atoms with van der Waals surface area (Å²) in [6, 6.07) is 8.25. The number of hydrogen-bond acceptors (Lipinski definition) is 3. The SMILES string of the molecule is CCn1cc(C(CSc2cccc(Cl)c2)NC)cn1. The molecule has 102 valence electrons. The van der Waals surface area contributed by atoms with Crippen LogP contribution in [0.4, 0.5) is 0 Å². The molecular formula is C14H18ClN3S. The number of nitrogens with one attached hydrogen (secondary N) is 1. The first-order chi connectivity index (χ1) is 9.22. The van der Waals surface area contributed by atoms with Gasteiger partial charge in [0.05, 0.1) is 6.20 Å². The van der Waals surface area contributed by atoms with Gasteiger partial charge in [0.25, 0.3) is 0 Å². The van der Waals surface area contributed by atoms with Crippen molar-refractivity contribution in [1.82, 2.24) is 15.1 Å². The zero-order chi connectivity index (χ0) is 13.7. The first-order valence-corrected chi connectivity index (χ1v) is 7.67. The summed E-state index contributed by atoms with van der Waals surface area (Å²) in [5.41, 5.74) is 1.22. The number of nitrogens with zero attached hydrogens (tertiary/aromatic N) is 2. The number of rotatable bonds is 6. The fourth-order valence-electron chi connectivity index (χ4n) is 1.82. The van der Waals surface area contributed by atoms with Crippen LogP contribution in [0.25, 0.3) is 0 Å². The fraction of sp³-hybridized carbons (Fsp3) is 0.357. The maximum Gasteiger partial charge on any atom is 0.0537 e. The molecule has 0 aliphatic carbocycles. The third kappa shape index (κ3) is 4.00. The van der Waals surface area contributed by atoms with Gasteiger partial charge in [-0.3, -0.25) is 4.68 Å². The molecule has 2 rings (SSSR count). The number of aromatic nitrogens is 2. The second-order valence-electron chi connectivity index (χ2n) is 4.24. The monoisotopic (exact) mass is 295 g/mol. The Bertz CT molecular complexity index is 527. The van der Waals surface area contributed by atoms with E-state index in [1.165, 1.54) is 10.5 Å². The van der Waals surface area contributed by atoms with Crippen molar-refractivity contribution in [3.8, 4) is 0 Å². The average molecular weight is 296 g/mol. The molecule has 0 aliphatic heterocycles. The first kappa shape index (κ1) is 14.4. The first-order valence-electron chi connectivity index (χ1n) is 6.31. The lowest BCUT2D eigenvalue weighted by atomic mass is 10.2. The molecule has 3 nitrogen and oxygen atoms in total. The summed E-state index contributed by atoms with van der Waals surface area (Å²) in [4.78, 5) is 1.19. The molecule has 0 saturated heterocycles. The van der Waals surface area contributed by atoms with Gasteiger partial charge in [0.2, 0.25) is 0 Å². The summed E-state index contributed by atoms with van der Waals surface area (Å²) in [5.74, 6) is 0.951. The highest BCUT2D eigenvalue weighted by atomic mass is 35.5. The number of thioether (sulfide) groups is 1. The molecule has 0 aliphatic rings. The molecule has 1 heterocycles. The predicted octanol–water partition coefficient (Wildman–Crippen LogP) is 3.61. The van der Waals surface area contributed by atoms with Crippen LogP contribution in [0, 0.1) is 0 Å². The van der Waals surface area contributed by atoms with Gasteiger partial charge < -0.3 is 5.32 Å². The maximum atomic E-state index is 5.99.